The SMILES string of the molecule is CC1=c2oc3ccc4c5ccccc5n(-c5ccccc5)c4c3c2=C(c2nc(-c3ccccc3)nc(-c3ccccc3)n2)CC1. The molecule has 0 spiro atoms. The topological polar surface area (TPSA) is 56.7 Å². The number of fused-ring (bicyclic) bond motifs is 7. The van der Waals surface area contributed by atoms with Crippen molar-refractivity contribution in [1.82, 2.24) is 19.5 Å². The first-order valence-electron chi connectivity index (χ1n) is 15.3. The van der Waals surface area contributed by atoms with Crippen molar-refractivity contribution in [3.63, 3.8) is 0 Å². The summed E-state index contributed by atoms with van der Waals surface area (Å²) in [6, 6.07) is 43.9. The Morgan fingerprint density at radius 2 is 1.18 bits per heavy atom. The van der Waals surface area contributed by atoms with Crippen LogP contribution in [0.4, 0.5) is 0 Å². The van der Waals surface area contributed by atoms with E-state index in [1.54, 1.807) is 0 Å². The summed E-state index contributed by atoms with van der Waals surface area (Å²) >= 11 is 0. The number of hydrogen-bond donors (Lipinski definition) is 0. The maximum Gasteiger partial charge on any atom is 0.164 e. The highest BCUT2D eigenvalue weighted by atomic mass is 16.3. The Labute approximate surface area is 259 Å². The van der Waals surface area contributed by atoms with Crippen LogP contribution in [0.3, 0.4) is 0 Å². The molecule has 45 heavy (non-hydrogen) atoms. The molecular formula is C40H28N4O. The van der Waals surface area contributed by atoms with Gasteiger partial charge >= 0.3 is 0 Å². The predicted octanol–water partition coefficient (Wildman–Crippen LogP) is 8.21. The normalized spacial score (nSPS) is 13.2. The van der Waals surface area contributed by atoms with E-state index >= 15 is 0 Å². The van der Waals surface area contributed by atoms with Crippen LogP contribution < -0.4 is 10.6 Å². The number of nitrogens with zero attached hydrogens (tertiary/aromatic N) is 4. The minimum Gasteiger partial charge on any atom is -0.456 e. The van der Waals surface area contributed by atoms with E-state index in [-0.39, 0.29) is 0 Å². The van der Waals surface area contributed by atoms with Crippen LogP contribution in [-0.4, -0.2) is 19.5 Å². The maximum absolute atomic E-state index is 6.74. The highest BCUT2D eigenvalue weighted by Crippen LogP contribution is 2.36. The fourth-order valence-electron chi connectivity index (χ4n) is 6.79. The lowest BCUT2D eigenvalue weighted by Gasteiger charge is -2.14. The van der Waals surface area contributed by atoms with Crippen LogP contribution in [0.2, 0.25) is 0 Å². The molecule has 0 aliphatic heterocycles. The number of aromatic nitrogens is 4. The molecule has 3 aromatic heterocycles. The van der Waals surface area contributed by atoms with E-state index in [9.17, 15) is 0 Å². The fourth-order valence-corrected chi connectivity index (χ4v) is 6.79. The van der Waals surface area contributed by atoms with Gasteiger partial charge in [-0.1, -0.05) is 97.1 Å². The second-order valence-electron chi connectivity index (χ2n) is 11.6. The van der Waals surface area contributed by atoms with Gasteiger partial charge in [0.25, 0.3) is 0 Å². The Hall–Kier alpha value is -5.81. The molecule has 0 fully saturated rings. The van der Waals surface area contributed by atoms with Crippen molar-refractivity contribution >= 4 is 43.9 Å². The number of rotatable bonds is 4. The molecule has 0 bridgehead atoms. The van der Waals surface area contributed by atoms with Gasteiger partial charge in [-0.25, -0.2) is 15.0 Å². The fraction of sp³-hybridized carbons (Fsp3) is 0.0750. The smallest absolute Gasteiger partial charge is 0.164 e. The monoisotopic (exact) mass is 580 g/mol. The molecule has 0 atom stereocenters. The minimum absolute atomic E-state index is 0.663. The van der Waals surface area contributed by atoms with Crippen molar-refractivity contribution in [2.75, 3.05) is 0 Å². The summed E-state index contributed by atoms with van der Waals surface area (Å²) in [6.45, 7) is 2.18. The van der Waals surface area contributed by atoms with E-state index in [4.69, 9.17) is 19.4 Å². The molecule has 0 radical (unpaired) electrons. The van der Waals surface area contributed by atoms with Crippen LogP contribution in [0, 0.1) is 0 Å². The lowest BCUT2D eigenvalue weighted by atomic mass is 9.95. The summed E-state index contributed by atoms with van der Waals surface area (Å²) in [5.41, 5.74) is 9.45. The van der Waals surface area contributed by atoms with E-state index in [0.717, 1.165) is 67.9 Å². The average Bonchev–Trinajstić information content (AvgIpc) is 3.66. The van der Waals surface area contributed by atoms with Crippen molar-refractivity contribution in [2.24, 2.45) is 0 Å². The van der Waals surface area contributed by atoms with Gasteiger partial charge in [-0.2, -0.15) is 0 Å². The zero-order chi connectivity index (χ0) is 29.9. The molecule has 5 aromatic carbocycles. The van der Waals surface area contributed by atoms with E-state index in [2.05, 4.69) is 102 Å². The van der Waals surface area contributed by atoms with Gasteiger partial charge in [0.2, 0.25) is 0 Å². The van der Waals surface area contributed by atoms with Crippen LogP contribution >= 0.6 is 0 Å². The molecule has 0 amide bonds. The Balaban J connectivity index is 1.45. The summed E-state index contributed by atoms with van der Waals surface area (Å²) in [7, 11) is 0. The molecular weight excluding hydrogens is 552 g/mol. The van der Waals surface area contributed by atoms with E-state index in [0.29, 0.717) is 17.5 Å². The zero-order valence-corrected chi connectivity index (χ0v) is 24.7. The lowest BCUT2D eigenvalue weighted by molar-refractivity contribution is 0.566. The quantitative estimate of drug-likeness (QED) is 0.211. The van der Waals surface area contributed by atoms with Crippen LogP contribution in [0.1, 0.15) is 25.6 Å². The summed E-state index contributed by atoms with van der Waals surface area (Å²) < 4.78 is 9.11. The Bertz CT molecular complexity index is 2470. The van der Waals surface area contributed by atoms with Crippen LogP contribution in [0.5, 0.6) is 0 Å². The molecule has 1 aliphatic carbocycles. The van der Waals surface area contributed by atoms with Crippen LogP contribution in [0.15, 0.2) is 132 Å². The van der Waals surface area contributed by atoms with Crippen molar-refractivity contribution in [2.45, 2.75) is 19.8 Å². The lowest BCUT2D eigenvalue weighted by Crippen LogP contribution is -2.30. The van der Waals surface area contributed by atoms with Crippen molar-refractivity contribution in [3.05, 3.63) is 144 Å². The number of para-hydroxylation sites is 2. The van der Waals surface area contributed by atoms with Gasteiger partial charge in [0, 0.05) is 38.4 Å². The number of furan rings is 1. The van der Waals surface area contributed by atoms with E-state index in [1.165, 1.54) is 16.3 Å². The molecule has 214 valence electrons. The molecule has 0 unspecified atom stereocenters. The Kier molecular flexibility index (Phi) is 5.78. The second-order valence-corrected chi connectivity index (χ2v) is 11.6. The van der Waals surface area contributed by atoms with E-state index < -0.39 is 0 Å². The summed E-state index contributed by atoms with van der Waals surface area (Å²) in [5.74, 6) is 2.02. The highest BCUT2D eigenvalue weighted by Gasteiger charge is 2.24. The molecule has 3 heterocycles. The van der Waals surface area contributed by atoms with Crippen molar-refractivity contribution in [1.29, 1.82) is 0 Å². The molecule has 1 aliphatic rings. The molecule has 0 saturated carbocycles. The molecule has 0 saturated heterocycles. The van der Waals surface area contributed by atoms with Gasteiger partial charge < -0.3 is 8.98 Å². The summed E-state index contributed by atoms with van der Waals surface area (Å²) in [4.78, 5) is 15.3. The Morgan fingerprint density at radius 1 is 0.578 bits per heavy atom. The third kappa shape index (κ3) is 4.05. The molecule has 5 nitrogen and oxygen atoms in total. The van der Waals surface area contributed by atoms with Gasteiger partial charge in [-0.05, 0) is 55.7 Å². The average molecular weight is 581 g/mol. The molecule has 9 rings (SSSR count). The number of hydrogen-bond acceptors (Lipinski definition) is 4. The van der Waals surface area contributed by atoms with Crippen molar-refractivity contribution in [3.8, 4) is 28.5 Å². The molecule has 8 aromatic rings. The zero-order valence-electron chi connectivity index (χ0n) is 24.7. The molecule has 0 N–H and O–H groups in total. The number of benzene rings is 5. The van der Waals surface area contributed by atoms with Gasteiger partial charge in [-0.15, -0.1) is 0 Å². The first-order valence-corrected chi connectivity index (χ1v) is 15.3. The standard InChI is InChI=1S/C40H28N4O/c1-25-21-22-31(40-42-38(26-13-5-2-6-14-26)41-39(43-40)27-15-7-3-8-16-27)34-35-33(45-37(25)34)24-23-30-29-19-11-12-20-32(29)44(36(30)35)28-17-9-4-10-18-28/h2-20,23-24H,21-22H2,1H3. The summed E-state index contributed by atoms with van der Waals surface area (Å²) in [5, 5.41) is 4.59. The third-order valence-electron chi connectivity index (χ3n) is 8.91. The van der Waals surface area contributed by atoms with E-state index in [1.807, 2.05) is 36.4 Å². The first-order chi connectivity index (χ1) is 22.2. The van der Waals surface area contributed by atoms with Gasteiger partial charge in [0.15, 0.2) is 17.5 Å². The Morgan fingerprint density at radius 3 is 1.87 bits per heavy atom. The maximum atomic E-state index is 6.74. The van der Waals surface area contributed by atoms with Crippen LogP contribution in [-0.2, 0) is 0 Å². The molecule has 5 heteroatoms. The third-order valence-corrected chi connectivity index (χ3v) is 8.91. The largest absolute Gasteiger partial charge is 0.456 e. The van der Waals surface area contributed by atoms with Gasteiger partial charge in [-0.3, -0.25) is 0 Å². The second kappa shape index (κ2) is 10.1. The van der Waals surface area contributed by atoms with Crippen molar-refractivity contribution < 1.29 is 4.42 Å². The minimum atomic E-state index is 0.663. The van der Waals surface area contributed by atoms with Crippen LogP contribution in [0.25, 0.3) is 72.4 Å². The first kappa shape index (κ1) is 25.7. The van der Waals surface area contributed by atoms with Gasteiger partial charge in [0.1, 0.15) is 11.0 Å². The van der Waals surface area contributed by atoms with Gasteiger partial charge in [0.05, 0.1) is 16.4 Å². The highest BCUT2D eigenvalue weighted by molar-refractivity contribution is 6.18. The predicted molar refractivity (Wildman–Crippen MR) is 181 cm³/mol. The summed E-state index contributed by atoms with van der Waals surface area (Å²) in [6.07, 6.45) is 1.68.